The molecular weight excluding hydrogens is 210 g/mol. The van der Waals surface area contributed by atoms with Crippen LogP contribution in [0.2, 0.25) is 0 Å². The molecule has 0 spiro atoms. The van der Waals surface area contributed by atoms with E-state index in [4.69, 9.17) is 10.5 Å². The lowest BCUT2D eigenvalue weighted by Gasteiger charge is -2.20. The Balaban J connectivity index is 2.68. The molecule has 2 heteroatoms. The molecule has 2 nitrogen and oxygen atoms in total. The zero-order valence-corrected chi connectivity index (χ0v) is 11.5. The molecule has 0 heterocycles. The van der Waals surface area contributed by atoms with Gasteiger partial charge >= 0.3 is 0 Å². The van der Waals surface area contributed by atoms with Crippen LogP contribution >= 0.6 is 0 Å². The van der Waals surface area contributed by atoms with Crippen LogP contribution in [0.15, 0.2) is 18.2 Å². The highest BCUT2D eigenvalue weighted by Gasteiger charge is 2.12. The van der Waals surface area contributed by atoms with Gasteiger partial charge in [-0.1, -0.05) is 39.0 Å². The zero-order chi connectivity index (χ0) is 12.9. The smallest absolute Gasteiger partial charge is 0.125 e. The van der Waals surface area contributed by atoms with Crippen molar-refractivity contribution in [3.05, 3.63) is 29.3 Å². The fourth-order valence-corrected chi connectivity index (χ4v) is 1.73. The third kappa shape index (κ3) is 4.78. The van der Waals surface area contributed by atoms with E-state index in [2.05, 4.69) is 45.9 Å². The summed E-state index contributed by atoms with van der Waals surface area (Å²) >= 11 is 0. The molecule has 0 atom stereocenters. The first-order valence-corrected chi connectivity index (χ1v) is 6.35. The Kier molecular flexibility index (Phi) is 5.01. The molecular formula is C15H25NO. The van der Waals surface area contributed by atoms with Crippen molar-refractivity contribution in [2.75, 3.05) is 13.2 Å². The van der Waals surface area contributed by atoms with Crippen LogP contribution in [0.25, 0.3) is 0 Å². The molecule has 0 aliphatic carbocycles. The highest BCUT2D eigenvalue weighted by Crippen LogP contribution is 2.25. The summed E-state index contributed by atoms with van der Waals surface area (Å²) in [4.78, 5) is 0. The number of hydrogen-bond donors (Lipinski definition) is 1. The third-order valence-electron chi connectivity index (χ3n) is 2.81. The highest BCUT2D eigenvalue weighted by atomic mass is 16.5. The Labute approximate surface area is 105 Å². The van der Waals surface area contributed by atoms with Crippen molar-refractivity contribution in [3.63, 3.8) is 0 Å². The van der Waals surface area contributed by atoms with Gasteiger partial charge in [0, 0.05) is 0 Å². The predicted octanol–water partition coefficient (Wildman–Crippen LogP) is 3.31. The number of nitrogens with two attached hydrogens (primary N) is 1. The Bertz CT molecular complexity index is 352. The van der Waals surface area contributed by atoms with Crippen LogP contribution in [0.4, 0.5) is 0 Å². The average molecular weight is 235 g/mol. The topological polar surface area (TPSA) is 35.2 Å². The van der Waals surface area contributed by atoms with Crippen LogP contribution in [0.1, 0.15) is 38.3 Å². The Morgan fingerprint density at radius 1 is 1.24 bits per heavy atom. The maximum Gasteiger partial charge on any atom is 0.125 e. The summed E-state index contributed by atoms with van der Waals surface area (Å²) in [5, 5.41) is 0. The molecule has 0 aliphatic heterocycles. The number of hydrogen-bond acceptors (Lipinski definition) is 2. The summed E-state index contributed by atoms with van der Waals surface area (Å²) in [5.74, 6) is 1.03. The quantitative estimate of drug-likeness (QED) is 0.849. The second-order valence-electron chi connectivity index (χ2n) is 5.76. The molecule has 0 saturated heterocycles. The standard InChI is InChI=1S/C15H25NO/c1-12-6-5-7-13(8-10-16)14(12)17-11-9-15(2,3)4/h5-7H,8-11,16H2,1-4H3. The molecule has 0 radical (unpaired) electrons. The summed E-state index contributed by atoms with van der Waals surface area (Å²) < 4.78 is 5.94. The number of para-hydroxylation sites is 1. The van der Waals surface area contributed by atoms with Gasteiger partial charge in [0.15, 0.2) is 0 Å². The lowest BCUT2D eigenvalue weighted by Crippen LogP contribution is -2.13. The van der Waals surface area contributed by atoms with E-state index < -0.39 is 0 Å². The van der Waals surface area contributed by atoms with E-state index in [1.807, 2.05) is 0 Å². The Hall–Kier alpha value is -1.02. The molecule has 1 rings (SSSR count). The molecule has 0 fully saturated rings. The minimum absolute atomic E-state index is 0.316. The van der Waals surface area contributed by atoms with Crippen molar-refractivity contribution in [1.82, 2.24) is 0 Å². The predicted molar refractivity (Wildman–Crippen MR) is 73.5 cm³/mol. The summed E-state index contributed by atoms with van der Waals surface area (Å²) in [6.07, 6.45) is 1.94. The van der Waals surface area contributed by atoms with Crippen LogP contribution in [0.3, 0.4) is 0 Å². The van der Waals surface area contributed by atoms with Crippen molar-refractivity contribution in [3.8, 4) is 5.75 Å². The molecule has 96 valence electrons. The molecule has 17 heavy (non-hydrogen) atoms. The van der Waals surface area contributed by atoms with Crippen LogP contribution in [0.5, 0.6) is 5.75 Å². The molecule has 0 amide bonds. The minimum Gasteiger partial charge on any atom is -0.493 e. The molecule has 1 aromatic carbocycles. The Morgan fingerprint density at radius 3 is 2.53 bits per heavy atom. The van der Waals surface area contributed by atoms with Crippen molar-refractivity contribution < 1.29 is 4.74 Å². The van der Waals surface area contributed by atoms with Gasteiger partial charge in [0.25, 0.3) is 0 Å². The largest absolute Gasteiger partial charge is 0.493 e. The first-order valence-electron chi connectivity index (χ1n) is 6.35. The summed E-state index contributed by atoms with van der Waals surface area (Å²) in [6, 6.07) is 6.26. The fourth-order valence-electron chi connectivity index (χ4n) is 1.73. The third-order valence-corrected chi connectivity index (χ3v) is 2.81. The van der Waals surface area contributed by atoms with E-state index in [0.717, 1.165) is 25.2 Å². The van der Waals surface area contributed by atoms with Gasteiger partial charge in [-0.25, -0.2) is 0 Å². The van der Waals surface area contributed by atoms with Crippen LogP contribution in [-0.2, 0) is 6.42 Å². The van der Waals surface area contributed by atoms with Crippen molar-refractivity contribution in [2.45, 2.75) is 40.5 Å². The van der Waals surface area contributed by atoms with E-state index in [0.29, 0.717) is 12.0 Å². The second kappa shape index (κ2) is 6.06. The zero-order valence-electron chi connectivity index (χ0n) is 11.5. The lowest BCUT2D eigenvalue weighted by molar-refractivity contribution is 0.240. The summed E-state index contributed by atoms with van der Waals surface area (Å²) in [6.45, 7) is 10.2. The normalized spacial score (nSPS) is 11.6. The van der Waals surface area contributed by atoms with E-state index in [1.54, 1.807) is 0 Å². The van der Waals surface area contributed by atoms with Gasteiger partial charge in [-0.3, -0.25) is 0 Å². The molecule has 0 aliphatic rings. The van der Waals surface area contributed by atoms with Crippen molar-refractivity contribution in [1.29, 1.82) is 0 Å². The van der Waals surface area contributed by atoms with Gasteiger partial charge in [0.1, 0.15) is 5.75 Å². The van der Waals surface area contributed by atoms with Gasteiger partial charge in [0.2, 0.25) is 0 Å². The number of rotatable bonds is 5. The Morgan fingerprint density at radius 2 is 1.94 bits per heavy atom. The van der Waals surface area contributed by atoms with Gasteiger partial charge < -0.3 is 10.5 Å². The molecule has 2 N–H and O–H groups in total. The van der Waals surface area contributed by atoms with Crippen molar-refractivity contribution >= 4 is 0 Å². The van der Waals surface area contributed by atoms with Crippen LogP contribution in [-0.4, -0.2) is 13.2 Å². The number of aryl methyl sites for hydroxylation is 1. The summed E-state index contributed by atoms with van der Waals surface area (Å²) in [5.41, 5.74) is 8.36. The first-order chi connectivity index (χ1) is 7.94. The maximum absolute atomic E-state index is 5.94. The molecule has 0 bridgehead atoms. The molecule has 0 aromatic heterocycles. The maximum atomic E-state index is 5.94. The SMILES string of the molecule is Cc1cccc(CCN)c1OCCC(C)(C)C. The van der Waals surface area contributed by atoms with Gasteiger partial charge in [-0.05, 0) is 42.9 Å². The van der Waals surface area contributed by atoms with Gasteiger partial charge in [-0.2, -0.15) is 0 Å². The van der Waals surface area contributed by atoms with Gasteiger partial charge in [0.05, 0.1) is 6.61 Å². The monoisotopic (exact) mass is 235 g/mol. The van der Waals surface area contributed by atoms with Crippen molar-refractivity contribution in [2.24, 2.45) is 11.1 Å². The van der Waals surface area contributed by atoms with E-state index in [9.17, 15) is 0 Å². The summed E-state index contributed by atoms with van der Waals surface area (Å²) in [7, 11) is 0. The van der Waals surface area contributed by atoms with E-state index in [-0.39, 0.29) is 0 Å². The molecule has 0 unspecified atom stereocenters. The molecule has 0 saturated carbocycles. The van der Waals surface area contributed by atoms with E-state index in [1.165, 1.54) is 11.1 Å². The van der Waals surface area contributed by atoms with E-state index >= 15 is 0 Å². The van der Waals surface area contributed by atoms with Gasteiger partial charge in [-0.15, -0.1) is 0 Å². The fraction of sp³-hybridized carbons (Fsp3) is 0.600. The molecule has 1 aromatic rings. The lowest BCUT2D eigenvalue weighted by atomic mass is 9.93. The second-order valence-corrected chi connectivity index (χ2v) is 5.76. The highest BCUT2D eigenvalue weighted by molar-refractivity contribution is 5.40. The number of ether oxygens (including phenoxy) is 1. The minimum atomic E-state index is 0.316. The first kappa shape index (κ1) is 14.0. The number of benzene rings is 1. The average Bonchev–Trinajstić information content (AvgIpc) is 2.21. The van der Waals surface area contributed by atoms with Crippen LogP contribution in [0, 0.1) is 12.3 Å². The van der Waals surface area contributed by atoms with Crippen LogP contribution < -0.4 is 10.5 Å².